The molecule has 0 saturated carbocycles. The number of likely N-dealkylation sites (N-methyl/N-ethyl adjacent to an activating group) is 1. The number of allylic oxidation sites excluding steroid dienone is 5. The summed E-state index contributed by atoms with van der Waals surface area (Å²) in [5.41, 5.74) is 2.13. The number of rotatable bonds is 9. The number of β-amino-alcohol motifs (C(OH)–C–C–N with tert-alkyl or cyclic N) is 1. The molecule has 2 aromatic carbocycles. The summed E-state index contributed by atoms with van der Waals surface area (Å²) < 4.78 is 96.5. The zero-order chi connectivity index (χ0) is 30.0. The van der Waals surface area contributed by atoms with Gasteiger partial charge in [0.2, 0.25) is 0 Å². The monoisotopic (exact) mass is 582 g/mol. The number of aliphatic hydroxyl groups excluding tert-OH is 1. The van der Waals surface area contributed by atoms with Crippen LogP contribution in [0.1, 0.15) is 24.0 Å². The predicted molar refractivity (Wildman–Crippen MR) is 142 cm³/mol. The van der Waals surface area contributed by atoms with E-state index in [1.807, 2.05) is 18.2 Å². The van der Waals surface area contributed by atoms with Crippen LogP contribution in [0.4, 0.5) is 36.4 Å². The van der Waals surface area contributed by atoms with Crippen LogP contribution in [0.25, 0.3) is 0 Å². The molecule has 0 radical (unpaired) electrons. The van der Waals surface area contributed by atoms with Crippen LogP contribution in [0.2, 0.25) is 0 Å². The topological polar surface area (TPSA) is 35.9 Å². The molecule has 2 aliphatic rings. The van der Waals surface area contributed by atoms with E-state index in [0.717, 1.165) is 17.2 Å². The lowest BCUT2D eigenvalue weighted by Crippen LogP contribution is -2.43. The lowest BCUT2D eigenvalue weighted by molar-refractivity contribution is -0.274. The van der Waals surface area contributed by atoms with Crippen molar-refractivity contribution in [2.45, 2.75) is 36.9 Å². The lowest BCUT2D eigenvalue weighted by atomic mass is 9.71. The fraction of sp³-hybridized carbons (Fsp3) is 0.333. The van der Waals surface area contributed by atoms with Gasteiger partial charge in [-0.25, -0.2) is 4.39 Å². The first-order chi connectivity index (χ1) is 19.2. The van der Waals surface area contributed by atoms with E-state index in [1.165, 1.54) is 17.0 Å². The van der Waals surface area contributed by atoms with Crippen molar-refractivity contribution in [1.29, 1.82) is 0 Å². The number of aliphatic hydroxyl groups is 1. The fourth-order valence-corrected chi connectivity index (χ4v) is 5.39. The number of alkyl halides is 6. The molecule has 11 heteroatoms. The second kappa shape index (κ2) is 11.6. The van der Waals surface area contributed by atoms with E-state index in [9.17, 15) is 35.8 Å². The van der Waals surface area contributed by atoms with Crippen molar-refractivity contribution in [1.82, 2.24) is 4.90 Å². The minimum Gasteiger partial charge on any atom is -0.406 e. The summed E-state index contributed by atoms with van der Waals surface area (Å²) in [6.07, 6.45) is -4.28. The van der Waals surface area contributed by atoms with E-state index in [-0.39, 0.29) is 19.5 Å². The van der Waals surface area contributed by atoms with Crippen LogP contribution < -0.4 is 9.64 Å². The molecule has 4 nitrogen and oxygen atoms in total. The largest absolute Gasteiger partial charge is 0.573 e. The molecule has 4 rings (SSSR count). The van der Waals surface area contributed by atoms with Gasteiger partial charge in [0.15, 0.2) is 6.10 Å². The average molecular weight is 583 g/mol. The van der Waals surface area contributed by atoms with Crippen molar-refractivity contribution in [2.75, 3.05) is 31.6 Å². The van der Waals surface area contributed by atoms with Gasteiger partial charge < -0.3 is 19.6 Å². The van der Waals surface area contributed by atoms with Crippen LogP contribution in [0.5, 0.6) is 5.75 Å². The maximum absolute atomic E-state index is 13.3. The number of nitrogens with zero attached hydrogens (tertiary/aromatic N) is 2. The molecule has 1 N–H and O–H groups in total. The van der Waals surface area contributed by atoms with Crippen LogP contribution >= 0.6 is 0 Å². The highest BCUT2D eigenvalue weighted by Crippen LogP contribution is 2.50. The summed E-state index contributed by atoms with van der Waals surface area (Å²) in [5, 5.41) is 9.89. The summed E-state index contributed by atoms with van der Waals surface area (Å²) in [4.78, 5) is 3.06. The van der Waals surface area contributed by atoms with Gasteiger partial charge in [0.1, 0.15) is 11.6 Å². The van der Waals surface area contributed by atoms with Gasteiger partial charge in [-0.3, -0.25) is 0 Å². The first-order valence-corrected chi connectivity index (χ1v) is 12.7. The Morgan fingerprint density at radius 2 is 1.85 bits per heavy atom. The van der Waals surface area contributed by atoms with E-state index in [1.54, 1.807) is 48.5 Å². The third-order valence-corrected chi connectivity index (χ3v) is 7.04. The Morgan fingerprint density at radius 1 is 1.12 bits per heavy atom. The Kier molecular flexibility index (Phi) is 8.58. The van der Waals surface area contributed by atoms with Crippen molar-refractivity contribution in [3.8, 4) is 5.75 Å². The zero-order valence-corrected chi connectivity index (χ0v) is 22.1. The van der Waals surface area contributed by atoms with Gasteiger partial charge >= 0.3 is 12.5 Å². The Balaban J connectivity index is 1.74. The molecule has 41 heavy (non-hydrogen) atoms. The molecular weight excluding hydrogens is 553 g/mol. The summed E-state index contributed by atoms with van der Waals surface area (Å²) in [6, 6.07) is 12.2. The molecule has 0 fully saturated rings. The molecule has 0 spiro atoms. The van der Waals surface area contributed by atoms with Crippen LogP contribution in [-0.4, -0.2) is 55.3 Å². The summed E-state index contributed by atoms with van der Waals surface area (Å²) in [5.74, 6) is -0.935. The SMILES string of the molecule is C=C(F)CN(C)/C=C1\C=CC(CC2(c3cccc(OC(F)(F)F)c3)CN(C[C@@H](O)C(F)(F)F)c3ccccc32)=CC1. The molecule has 1 heterocycles. The second-order valence-electron chi connectivity index (χ2n) is 10.2. The molecule has 0 amide bonds. The fourth-order valence-electron chi connectivity index (χ4n) is 5.39. The lowest BCUT2D eigenvalue weighted by Gasteiger charge is -2.33. The molecule has 0 saturated heterocycles. The van der Waals surface area contributed by atoms with E-state index in [0.29, 0.717) is 23.2 Å². The van der Waals surface area contributed by atoms with E-state index in [4.69, 9.17) is 0 Å². The number of benzene rings is 2. The quantitative estimate of drug-likeness (QED) is 0.318. The van der Waals surface area contributed by atoms with Crippen LogP contribution in [0.3, 0.4) is 0 Å². The minimum absolute atomic E-state index is 0.0236. The normalized spacial score (nSPS) is 20.6. The Morgan fingerprint density at radius 3 is 2.49 bits per heavy atom. The number of anilines is 1. The number of ether oxygens (including phenoxy) is 1. The second-order valence-corrected chi connectivity index (χ2v) is 10.2. The van der Waals surface area contributed by atoms with Gasteiger partial charge in [-0.1, -0.05) is 60.7 Å². The third kappa shape index (κ3) is 7.32. The number of fused-ring (bicyclic) bond motifs is 1. The molecule has 2 aromatic rings. The Bertz CT molecular complexity index is 1360. The van der Waals surface area contributed by atoms with Crippen molar-refractivity contribution >= 4 is 5.69 Å². The molecule has 0 aromatic heterocycles. The summed E-state index contributed by atoms with van der Waals surface area (Å²) in [7, 11) is 1.70. The molecule has 0 bridgehead atoms. The molecule has 1 aliphatic heterocycles. The third-order valence-electron chi connectivity index (χ3n) is 7.04. The average Bonchev–Trinajstić information content (AvgIpc) is 3.17. The van der Waals surface area contributed by atoms with Crippen LogP contribution in [0, 0.1) is 0 Å². The first-order valence-electron chi connectivity index (χ1n) is 12.7. The highest BCUT2D eigenvalue weighted by atomic mass is 19.4. The number of hydrogen-bond acceptors (Lipinski definition) is 4. The van der Waals surface area contributed by atoms with E-state index in [2.05, 4.69) is 11.3 Å². The first kappa shape index (κ1) is 30.2. The zero-order valence-electron chi connectivity index (χ0n) is 22.1. The number of halogens is 7. The van der Waals surface area contributed by atoms with E-state index < -0.39 is 42.2 Å². The van der Waals surface area contributed by atoms with Crippen molar-refractivity contribution in [2.24, 2.45) is 0 Å². The van der Waals surface area contributed by atoms with Gasteiger partial charge in [-0.05, 0) is 47.7 Å². The van der Waals surface area contributed by atoms with E-state index >= 15 is 0 Å². The molecule has 1 aliphatic carbocycles. The Hall–Kier alpha value is -3.73. The summed E-state index contributed by atoms with van der Waals surface area (Å²) >= 11 is 0. The molecule has 1 unspecified atom stereocenters. The van der Waals surface area contributed by atoms with Crippen molar-refractivity contribution in [3.05, 3.63) is 108 Å². The van der Waals surface area contributed by atoms with Gasteiger partial charge in [-0.15, -0.1) is 13.2 Å². The maximum atomic E-state index is 13.3. The number of para-hydroxylation sites is 1. The number of hydrogen-bond donors (Lipinski definition) is 1. The maximum Gasteiger partial charge on any atom is 0.573 e. The standard InChI is InChI=1S/C30H29F7N2O2/c1-20(31)16-38(2)17-22-12-10-21(11-13-22)15-28(23-6-5-7-24(14-23)41-30(35,36)37)19-39(18-27(40)29(32,33)34)26-9-4-3-8-25(26)28/h3-12,14,17,27,40H,1,13,15-16,18-19H2,2H3/b22-17+/t27-,28?/m1/s1. The van der Waals surface area contributed by atoms with Crippen molar-refractivity contribution < 1.29 is 40.6 Å². The van der Waals surface area contributed by atoms with Crippen LogP contribution in [-0.2, 0) is 5.41 Å². The highest BCUT2D eigenvalue weighted by molar-refractivity contribution is 5.67. The smallest absolute Gasteiger partial charge is 0.406 e. The highest BCUT2D eigenvalue weighted by Gasteiger charge is 2.47. The van der Waals surface area contributed by atoms with Crippen LogP contribution in [0.15, 0.2) is 96.5 Å². The minimum atomic E-state index is -4.93. The summed E-state index contributed by atoms with van der Waals surface area (Å²) in [6.45, 7) is 2.52. The van der Waals surface area contributed by atoms with Crippen molar-refractivity contribution in [3.63, 3.8) is 0 Å². The Labute approximate surface area is 233 Å². The molecule has 2 atom stereocenters. The van der Waals surface area contributed by atoms with Gasteiger partial charge in [0.05, 0.1) is 13.1 Å². The predicted octanol–water partition coefficient (Wildman–Crippen LogP) is 7.19. The van der Waals surface area contributed by atoms with Gasteiger partial charge in [-0.2, -0.15) is 13.2 Å². The van der Waals surface area contributed by atoms with Gasteiger partial charge in [0.25, 0.3) is 0 Å². The van der Waals surface area contributed by atoms with Gasteiger partial charge in [0, 0.05) is 30.9 Å². The molecular formula is C30H29F7N2O2. The molecule has 220 valence electrons.